The van der Waals surface area contributed by atoms with Crippen molar-refractivity contribution in [3.8, 4) is 11.4 Å². The second kappa shape index (κ2) is 3.31. The summed E-state index contributed by atoms with van der Waals surface area (Å²) in [6.45, 7) is 0. The molecule has 1 aliphatic rings. The normalized spacial score (nSPS) is 15.5. The van der Waals surface area contributed by atoms with Gasteiger partial charge in [-0.3, -0.25) is 9.67 Å². The Hall–Kier alpha value is -1.42. The van der Waals surface area contributed by atoms with Crippen molar-refractivity contribution in [1.29, 1.82) is 0 Å². The zero-order chi connectivity index (χ0) is 10.3. The molecule has 1 N–H and O–H groups in total. The molecule has 0 radical (unpaired) electrons. The number of benzene rings is 1. The van der Waals surface area contributed by atoms with E-state index in [0.29, 0.717) is 6.04 Å². The number of hydrogen-bond acceptors (Lipinski definition) is 2. The van der Waals surface area contributed by atoms with E-state index in [1.807, 2.05) is 18.2 Å². The molecular formula is C11H11N3S. The molecule has 0 atom stereocenters. The van der Waals surface area contributed by atoms with Gasteiger partial charge in [-0.1, -0.05) is 30.3 Å². The molecule has 1 aromatic carbocycles. The highest BCUT2D eigenvalue weighted by Crippen LogP contribution is 2.37. The molecule has 1 fully saturated rings. The first-order valence-electron chi connectivity index (χ1n) is 5.08. The Bertz CT molecular complexity index is 522. The van der Waals surface area contributed by atoms with Gasteiger partial charge in [0.05, 0.1) is 0 Å². The summed E-state index contributed by atoms with van der Waals surface area (Å²) >= 11 is 5.23. The predicted octanol–water partition coefficient (Wildman–Crippen LogP) is 2.94. The van der Waals surface area contributed by atoms with Crippen molar-refractivity contribution in [2.24, 2.45) is 0 Å². The zero-order valence-corrected chi connectivity index (χ0v) is 9.00. The van der Waals surface area contributed by atoms with E-state index in [1.54, 1.807) is 0 Å². The Kier molecular flexibility index (Phi) is 1.95. The van der Waals surface area contributed by atoms with Gasteiger partial charge in [-0.2, -0.15) is 5.10 Å². The van der Waals surface area contributed by atoms with Crippen molar-refractivity contribution in [3.05, 3.63) is 35.1 Å². The van der Waals surface area contributed by atoms with Crippen LogP contribution in [-0.4, -0.2) is 14.8 Å². The molecule has 0 bridgehead atoms. The predicted molar refractivity (Wildman–Crippen MR) is 61.1 cm³/mol. The van der Waals surface area contributed by atoms with Gasteiger partial charge >= 0.3 is 0 Å². The van der Waals surface area contributed by atoms with Crippen molar-refractivity contribution in [1.82, 2.24) is 14.8 Å². The summed E-state index contributed by atoms with van der Waals surface area (Å²) in [6, 6.07) is 10.7. The lowest BCUT2D eigenvalue weighted by Crippen LogP contribution is -1.97. The number of aromatic amines is 1. The number of hydrogen-bond donors (Lipinski definition) is 1. The van der Waals surface area contributed by atoms with E-state index in [2.05, 4.69) is 26.9 Å². The Labute approximate surface area is 92.8 Å². The van der Waals surface area contributed by atoms with Crippen LogP contribution in [0.1, 0.15) is 18.9 Å². The van der Waals surface area contributed by atoms with Crippen LogP contribution in [-0.2, 0) is 0 Å². The fourth-order valence-electron chi connectivity index (χ4n) is 1.77. The molecule has 1 heterocycles. The van der Waals surface area contributed by atoms with Crippen molar-refractivity contribution < 1.29 is 0 Å². The SMILES string of the molecule is S=c1[nH]nc(-c2ccccc2)n1C1CC1. The lowest BCUT2D eigenvalue weighted by molar-refractivity contribution is 0.735. The number of nitrogens with zero attached hydrogens (tertiary/aromatic N) is 2. The maximum Gasteiger partial charge on any atom is 0.195 e. The lowest BCUT2D eigenvalue weighted by Gasteiger charge is -2.03. The van der Waals surface area contributed by atoms with E-state index in [1.165, 1.54) is 12.8 Å². The highest BCUT2D eigenvalue weighted by molar-refractivity contribution is 7.71. The van der Waals surface area contributed by atoms with Gasteiger partial charge in [-0.25, -0.2) is 0 Å². The van der Waals surface area contributed by atoms with Gasteiger partial charge in [0.25, 0.3) is 0 Å². The third-order valence-corrected chi connectivity index (χ3v) is 2.94. The monoisotopic (exact) mass is 217 g/mol. The minimum Gasteiger partial charge on any atom is -0.297 e. The Morgan fingerprint density at radius 1 is 1.27 bits per heavy atom. The summed E-state index contributed by atoms with van der Waals surface area (Å²) in [7, 11) is 0. The summed E-state index contributed by atoms with van der Waals surface area (Å²) in [5.41, 5.74) is 1.12. The number of H-pyrrole nitrogens is 1. The van der Waals surface area contributed by atoms with Crippen LogP contribution in [0.2, 0.25) is 0 Å². The molecule has 0 spiro atoms. The van der Waals surface area contributed by atoms with E-state index < -0.39 is 0 Å². The highest BCUT2D eigenvalue weighted by Gasteiger charge is 2.27. The molecule has 3 nitrogen and oxygen atoms in total. The molecule has 76 valence electrons. The smallest absolute Gasteiger partial charge is 0.195 e. The molecule has 3 rings (SSSR count). The van der Waals surface area contributed by atoms with Gasteiger partial charge in [0.2, 0.25) is 0 Å². The van der Waals surface area contributed by atoms with E-state index in [4.69, 9.17) is 12.2 Å². The second-order valence-corrected chi connectivity index (χ2v) is 4.21. The van der Waals surface area contributed by atoms with E-state index in [0.717, 1.165) is 16.2 Å². The molecule has 0 saturated heterocycles. The van der Waals surface area contributed by atoms with Gasteiger partial charge in [0.1, 0.15) is 0 Å². The van der Waals surface area contributed by atoms with Gasteiger partial charge in [-0.15, -0.1) is 0 Å². The summed E-state index contributed by atoms with van der Waals surface area (Å²) in [5.74, 6) is 0.961. The van der Waals surface area contributed by atoms with Crippen LogP contribution in [0.15, 0.2) is 30.3 Å². The first-order chi connectivity index (χ1) is 7.36. The third kappa shape index (κ3) is 1.51. The van der Waals surface area contributed by atoms with Crippen molar-refractivity contribution in [2.45, 2.75) is 18.9 Å². The highest BCUT2D eigenvalue weighted by atomic mass is 32.1. The molecule has 0 amide bonds. The van der Waals surface area contributed by atoms with Crippen molar-refractivity contribution in [3.63, 3.8) is 0 Å². The first-order valence-corrected chi connectivity index (χ1v) is 5.49. The molecule has 0 aliphatic heterocycles. The Morgan fingerprint density at radius 3 is 2.67 bits per heavy atom. The standard InChI is InChI=1S/C11H11N3S/c15-11-13-12-10(14(11)9-6-7-9)8-4-2-1-3-5-8/h1-5,9H,6-7H2,(H,13,15). The van der Waals surface area contributed by atoms with E-state index in [9.17, 15) is 0 Å². The summed E-state index contributed by atoms with van der Waals surface area (Å²) in [5, 5.41) is 7.17. The fraction of sp³-hybridized carbons (Fsp3) is 0.273. The molecule has 1 aliphatic carbocycles. The first kappa shape index (κ1) is 8.85. The van der Waals surface area contributed by atoms with Crippen LogP contribution in [0.3, 0.4) is 0 Å². The third-order valence-electron chi connectivity index (χ3n) is 2.65. The second-order valence-electron chi connectivity index (χ2n) is 3.82. The van der Waals surface area contributed by atoms with Crippen LogP contribution < -0.4 is 0 Å². The Morgan fingerprint density at radius 2 is 2.00 bits per heavy atom. The van der Waals surface area contributed by atoms with Gasteiger partial charge in [0.15, 0.2) is 10.6 Å². The van der Waals surface area contributed by atoms with Crippen molar-refractivity contribution >= 4 is 12.2 Å². The zero-order valence-electron chi connectivity index (χ0n) is 8.18. The van der Waals surface area contributed by atoms with Crippen LogP contribution >= 0.6 is 12.2 Å². The molecule has 4 heteroatoms. The Balaban J connectivity index is 2.16. The van der Waals surface area contributed by atoms with E-state index >= 15 is 0 Å². The molecule has 2 aromatic rings. The van der Waals surface area contributed by atoms with Crippen LogP contribution in [0.4, 0.5) is 0 Å². The lowest BCUT2D eigenvalue weighted by atomic mass is 10.2. The van der Waals surface area contributed by atoms with Crippen molar-refractivity contribution in [2.75, 3.05) is 0 Å². The summed E-state index contributed by atoms with van der Waals surface area (Å²) in [6.07, 6.45) is 2.43. The maximum atomic E-state index is 5.23. The van der Waals surface area contributed by atoms with Crippen LogP contribution in [0, 0.1) is 4.77 Å². The largest absolute Gasteiger partial charge is 0.297 e. The molecule has 15 heavy (non-hydrogen) atoms. The van der Waals surface area contributed by atoms with E-state index in [-0.39, 0.29) is 0 Å². The summed E-state index contributed by atoms with van der Waals surface area (Å²) < 4.78 is 2.86. The number of rotatable bonds is 2. The topological polar surface area (TPSA) is 33.6 Å². The van der Waals surface area contributed by atoms with Crippen LogP contribution in [0.5, 0.6) is 0 Å². The maximum absolute atomic E-state index is 5.23. The minimum atomic E-state index is 0.562. The molecule has 0 unspecified atom stereocenters. The molecular weight excluding hydrogens is 206 g/mol. The quantitative estimate of drug-likeness (QED) is 0.785. The fourth-order valence-corrected chi connectivity index (χ4v) is 2.05. The molecule has 1 saturated carbocycles. The molecule has 1 aromatic heterocycles. The number of nitrogens with one attached hydrogen (secondary N) is 1. The van der Waals surface area contributed by atoms with Crippen LogP contribution in [0.25, 0.3) is 11.4 Å². The number of aromatic nitrogens is 3. The van der Waals surface area contributed by atoms with Gasteiger partial charge in [-0.05, 0) is 25.1 Å². The summed E-state index contributed by atoms with van der Waals surface area (Å²) in [4.78, 5) is 0. The van der Waals surface area contributed by atoms with Gasteiger partial charge in [0, 0.05) is 11.6 Å². The minimum absolute atomic E-state index is 0.562. The van der Waals surface area contributed by atoms with Gasteiger partial charge < -0.3 is 0 Å². The average Bonchev–Trinajstić information content (AvgIpc) is 3.03. The average molecular weight is 217 g/mol.